The number of carbonyl (C=O) groups excluding carboxylic acids is 2. The molecule has 0 bridgehead atoms. The van der Waals surface area contributed by atoms with Gasteiger partial charge in [0.05, 0.1) is 38.9 Å². The van der Waals surface area contributed by atoms with E-state index in [0.29, 0.717) is 48.0 Å². The first-order valence-corrected chi connectivity index (χ1v) is 16.7. The third-order valence-corrected chi connectivity index (χ3v) is 8.51. The molecule has 51 heavy (non-hydrogen) atoms. The van der Waals surface area contributed by atoms with Gasteiger partial charge in [-0.05, 0) is 84.8 Å². The van der Waals surface area contributed by atoms with Crippen molar-refractivity contribution in [2.45, 2.75) is 50.1 Å². The molecule has 1 N–H and O–H groups in total. The van der Waals surface area contributed by atoms with Crippen molar-refractivity contribution in [3.8, 4) is 11.5 Å². The summed E-state index contributed by atoms with van der Waals surface area (Å²) < 4.78 is 48.2. The van der Waals surface area contributed by atoms with E-state index in [-0.39, 0.29) is 30.5 Å². The second kappa shape index (κ2) is 19.0. The summed E-state index contributed by atoms with van der Waals surface area (Å²) in [6.07, 6.45) is 5.59. The Labute approximate surface area is 295 Å². The van der Waals surface area contributed by atoms with Gasteiger partial charge in [0.1, 0.15) is 47.7 Å². The molecule has 2 heterocycles. The number of nitrogens with zero attached hydrogens (tertiary/aromatic N) is 2. The van der Waals surface area contributed by atoms with Crippen molar-refractivity contribution >= 4 is 24.4 Å². The fraction of sp³-hybridized carbons (Fsp3) is 0.368. The number of unbranched alkanes of at least 4 members (excludes halogenated alkanes) is 3. The monoisotopic (exact) mass is 704 g/mol. The van der Waals surface area contributed by atoms with Gasteiger partial charge in [0, 0.05) is 18.7 Å². The molecule has 2 fully saturated rings. The van der Waals surface area contributed by atoms with Gasteiger partial charge in [-0.1, -0.05) is 30.8 Å². The van der Waals surface area contributed by atoms with Crippen LogP contribution in [0.2, 0.25) is 0 Å². The summed E-state index contributed by atoms with van der Waals surface area (Å²) in [6, 6.07) is 18.0. The number of rotatable bonds is 18. The normalized spacial score (nSPS) is 20.4. The van der Waals surface area contributed by atoms with Crippen LogP contribution in [0.15, 0.2) is 89.6 Å². The Bertz CT molecular complexity index is 1660. The molecule has 2 saturated heterocycles. The second-order valence-corrected chi connectivity index (χ2v) is 11.9. The lowest BCUT2D eigenvalue weighted by Crippen LogP contribution is -2.34. The number of fused-ring (bicyclic) bond motifs is 1. The van der Waals surface area contributed by atoms with Crippen LogP contribution >= 0.6 is 0 Å². The van der Waals surface area contributed by atoms with Crippen LogP contribution in [0, 0.1) is 11.7 Å². The molecule has 0 aromatic heterocycles. The number of methoxy groups -OCH3 is 1. The van der Waals surface area contributed by atoms with Crippen LogP contribution in [0.4, 0.5) is 4.39 Å². The number of carbonyl (C=O) groups is 2. The maximum Gasteiger partial charge on any atom is 0.330 e. The lowest BCUT2D eigenvalue weighted by molar-refractivity contribution is -0.271. The summed E-state index contributed by atoms with van der Waals surface area (Å²) in [5.41, 5.74) is 1.84. The molecule has 0 spiro atoms. The Morgan fingerprint density at radius 2 is 1.57 bits per heavy atom. The number of benzene rings is 3. The maximum absolute atomic E-state index is 15.1. The summed E-state index contributed by atoms with van der Waals surface area (Å²) in [6.45, 7) is 4.84. The van der Waals surface area contributed by atoms with Crippen LogP contribution in [-0.4, -0.2) is 81.5 Å². The molecule has 5 atom stereocenters. The van der Waals surface area contributed by atoms with Crippen molar-refractivity contribution in [1.82, 2.24) is 0 Å². The molecule has 12 nitrogen and oxygen atoms in total. The Morgan fingerprint density at radius 3 is 2.25 bits per heavy atom. The first-order valence-electron chi connectivity index (χ1n) is 16.7. The van der Waals surface area contributed by atoms with Crippen molar-refractivity contribution < 1.29 is 52.5 Å². The lowest BCUT2D eigenvalue weighted by Gasteiger charge is -2.16. The minimum Gasteiger partial charge on any atom is -0.494 e. The van der Waals surface area contributed by atoms with Gasteiger partial charge in [-0.15, -0.1) is 0 Å². The molecule has 0 saturated carbocycles. The molecule has 5 rings (SSSR count). The van der Waals surface area contributed by atoms with E-state index in [1.54, 1.807) is 61.7 Å². The van der Waals surface area contributed by atoms with Gasteiger partial charge >= 0.3 is 11.9 Å². The molecular formula is C38H41FN2O10. The Kier molecular flexibility index (Phi) is 14.0. The van der Waals surface area contributed by atoms with Crippen LogP contribution in [0.1, 0.15) is 54.0 Å². The third kappa shape index (κ3) is 10.4. The number of esters is 2. The van der Waals surface area contributed by atoms with Gasteiger partial charge < -0.3 is 28.4 Å². The topological polar surface area (TPSA) is 144 Å². The van der Waals surface area contributed by atoms with Crippen LogP contribution in [-0.2, 0) is 33.4 Å². The van der Waals surface area contributed by atoms with Crippen molar-refractivity contribution in [2.75, 3.05) is 33.5 Å². The predicted molar refractivity (Wildman–Crippen MR) is 185 cm³/mol. The van der Waals surface area contributed by atoms with Crippen molar-refractivity contribution in [3.05, 3.63) is 107 Å². The quantitative estimate of drug-likeness (QED) is 0.0325. The molecule has 3 aromatic carbocycles. The molecule has 270 valence electrons. The first-order chi connectivity index (χ1) is 24.9. The average Bonchev–Trinajstić information content (AvgIpc) is 3.76. The molecule has 13 heteroatoms. The van der Waals surface area contributed by atoms with E-state index in [1.807, 2.05) is 0 Å². The summed E-state index contributed by atoms with van der Waals surface area (Å²) in [5.74, 6) is -0.950. The number of ether oxygens (including phenoxy) is 6. The molecule has 0 radical (unpaired) electrons. The van der Waals surface area contributed by atoms with Crippen molar-refractivity contribution in [1.29, 1.82) is 0 Å². The highest BCUT2D eigenvalue weighted by molar-refractivity contribution is 5.83. The molecule has 0 amide bonds. The third-order valence-electron chi connectivity index (χ3n) is 8.51. The van der Waals surface area contributed by atoms with Crippen molar-refractivity contribution in [2.24, 2.45) is 16.1 Å². The average molecular weight is 705 g/mol. The molecule has 3 aromatic rings. The zero-order chi connectivity index (χ0) is 36.0. The Balaban J connectivity index is 1.06. The molecule has 2 aliphatic heterocycles. The van der Waals surface area contributed by atoms with Crippen LogP contribution in [0.25, 0.3) is 0 Å². The highest BCUT2D eigenvalue weighted by Crippen LogP contribution is 2.33. The van der Waals surface area contributed by atoms with Gasteiger partial charge in [0.2, 0.25) is 0 Å². The summed E-state index contributed by atoms with van der Waals surface area (Å²) in [5, 5.41) is 17.7. The zero-order valence-corrected chi connectivity index (χ0v) is 28.2. The molecule has 0 aliphatic carbocycles. The predicted octanol–water partition coefficient (Wildman–Crippen LogP) is 5.86. The number of hydrogen-bond donors (Lipinski definition) is 1. The van der Waals surface area contributed by atoms with E-state index in [1.165, 1.54) is 24.6 Å². The minimum absolute atomic E-state index is 0.140. The summed E-state index contributed by atoms with van der Waals surface area (Å²) >= 11 is 0. The molecule has 2 aliphatic rings. The van der Waals surface area contributed by atoms with Gasteiger partial charge in [-0.2, -0.15) is 10.2 Å². The Morgan fingerprint density at radius 1 is 0.902 bits per heavy atom. The summed E-state index contributed by atoms with van der Waals surface area (Å²) in [4.78, 5) is 28.4. The maximum atomic E-state index is 15.1. The fourth-order valence-corrected chi connectivity index (χ4v) is 5.73. The van der Waals surface area contributed by atoms with E-state index in [2.05, 4.69) is 21.7 Å². The van der Waals surface area contributed by atoms with E-state index in [4.69, 9.17) is 28.4 Å². The van der Waals surface area contributed by atoms with E-state index >= 15 is 4.39 Å². The van der Waals surface area contributed by atoms with E-state index < -0.39 is 29.8 Å². The van der Waals surface area contributed by atoms with Crippen LogP contribution in [0.5, 0.6) is 11.5 Å². The lowest BCUT2D eigenvalue weighted by atomic mass is 9.99. The highest BCUT2D eigenvalue weighted by atomic mass is 19.1. The standard InChI is InChI=1S/C38H41FN2O10/c1-3-34(42)47-19-7-5-4-6-18-46-28-15-11-27(12-16-28)35(51-44)30-17-10-26(20-32(30)39)22-41-40-21-25-8-13-29(14-9-25)50-38(43)31-23-48-37-33(45-2)24-49-36(31)37/h3,8-17,20-22,31,33,35-37,44H,1,4-7,18-19,23-24H2,2H3/b40-21-,41-22-. The molecule has 5 unspecified atom stereocenters. The first kappa shape index (κ1) is 37.5. The van der Waals surface area contributed by atoms with Gasteiger partial charge in [0.15, 0.2) is 0 Å². The Hall–Kier alpha value is -4.79. The van der Waals surface area contributed by atoms with Crippen molar-refractivity contribution in [3.63, 3.8) is 0 Å². The fourth-order valence-electron chi connectivity index (χ4n) is 5.73. The van der Waals surface area contributed by atoms with Gasteiger partial charge in [-0.3, -0.25) is 10.1 Å². The van der Waals surface area contributed by atoms with E-state index in [0.717, 1.165) is 31.8 Å². The zero-order valence-electron chi connectivity index (χ0n) is 28.2. The van der Waals surface area contributed by atoms with Crippen LogP contribution < -0.4 is 9.47 Å². The van der Waals surface area contributed by atoms with E-state index in [9.17, 15) is 14.8 Å². The van der Waals surface area contributed by atoms with Gasteiger partial charge in [-0.25, -0.2) is 14.1 Å². The summed E-state index contributed by atoms with van der Waals surface area (Å²) in [7, 11) is 1.59. The SMILES string of the molecule is C=CC(=O)OCCCCCCOc1ccc(C(OO)c2ccc(/C=N\N=C/c3ccc(OC(=O)C4COC5C(OC)COC45)cc3)cc2F)cc1. The second-order valence-electron chi connectivity index (χ2n) is 11.9. The number of halogens is 1. The minimum atomic E-state index is -1.05. The number of hydrogen-bond acceptors (Lipinski definition) is 12. The largest absolute Gasteiger partial charge is 0.494 e. The smallest absolute Gasteiger partial charge is 0.330 e. The molecular weight excluding hydrogens is 663 g/mol. The highest BCUT2D eigenvalue weighted by Gasteiger charge is 2.51. The van der Waals surface area contributed by atoms with Gasteiger partial charge in [0.25, 0.3) is 0 Å². The van der Waals surface area contributed by atoms with Crippen LogP contribution in [0.3, 0.4) is 0 Å².